The van der Waals surface area contributed by atoms with Crippen molar-refractivity contribution in [2.45, 2.75) is 19.6 Å². The van der Waals surface area contributed by atoms with E-state index >= 15 is 0 Å². The van der Waals surface area contributed by atoms with E-state index in [0.717, 1.165) is 5.56 Å². The Morgan fingerprint density at radius 2 is 1.71 bits per heavy atom. The minimum atomic E-state index is -0.707. The molecule has 0 spiro atoms. The first-order valence-corrected chi connectivity index (χ1v) is 11.5. The molecule has 1 heterocycles. The molecule has 180 valence electrons. The van der Waals surface area contributed by atoms with E-state index in [-0.39, 0.29) is 6.61 Å². The minimum absolute atomic E-state index is 0.204. The van der Waals surface area contributed by atoms with Gasteiger partial charge < -0.3 is 24.8 Å². The summed E-state index contributed by atoms with van der Waals surface area (Å²) in [5.41, 5.74) is 3.02. The zero-order valence-electron chi connectivity index (χ0n) is 19.3. The van der Waals surface area contributed by atoms with Crippen LogP contribution in [0.4, 0.5) is 4.79 Å². The number of benzene rings is 3. The molecule has 0 aromatic heterocycles. The number of rotatable bonds is 8. The number of ether oxygens (including phenoxy) is 3. The van der Waals surface area contributed by atoms with Crippen LogP contribution >= 0.6 is 11.6 Å². The van der Waals surface area contributed by atoms with E-state index in [1.807, 2.05) is 36.4 Å². The van der Waals surface area contributed by atoms with Gasteiger partial charge in [0.25, 0.3) is 0 Å². The fourth-order valence-electron chi connectivity index (χ4n) is 3.78. The van der Waals surface area contributed by atoms with Gasteiger partial charge in [0.2, 0.25) is 0 Å². The lowest BCUT2D eigenvalue weighted by atomic mass is 9.92. The average Bonchev–Trinajstić information content (AvgIpc) is 2.87. The van der Waals surface area contributed by atoms with Crippen LogP contribution in [0.5, 0.6) is 11.5 Å². The molecule has 1 aliphatic heterocycles. The standard InChI is InChI=1S/C27H25ClN2O5/c1-3-34-26(31)23-24(18-7-11-21(33-2)12-8-18)29-27(32)30-25(23)19-9-13-22(14-10-19)35-16-17-5-4-6-20(28)15-17/h4-15,25H,3,16H2,1-2H3,(H2,29,30,32). The van der Waals surface area contributed by atoms with Crippen molar-refractivity contribution in [1.82, 2.24) is 10.6 Å². The Balaban J connectivity index is 1.64. The number of carbonyl (C=O) groups is 2. The Kier molecular flexibility index (Phi) is 7.57. The van der Waals surface area contributed by atoms with Crippen molar-refractivity contribution in [3.8, 4) is 11.5 Å². The molecule has 2 N–H and O–H groups in total. The van der Waals surface area contributed by atoms with Crippen molar-refractivity contribution in [2.24, 2.45) is 0 Å². The molecular weight excluding hydrogens is 468 g/mol. The van der Waals surface area contributed by atoms with Crippen molar-refractivity contribution in [3.05, 3.63) is 100 Å². The summed E-state index contributed by atoms with van der Waals surface area (Å²) < 4.78 is 16.4. The maximum absolute atomic E-state index is 13.0. The van der Waals surface area contributed by atoms with E-state index in [0.29, 0.717) is 45.5 Å². The molecule has 0 radical (unpaired) electrons. The van der Waals surface area contributed by atoms with E-state index < -0.39 is 18.0 Å². The largest absolute Gasteiger partial charge is 0.497 e. The van der Waals surface area contributed by atoms with Crippen LogP contribution in [0.25, 0.3) is 5.70 Å². The molecule has 1 aliphatic rings. The first-order chi connectivity index (χ1) is 17.0. The molecule has 0 fully saturated rings. The van der Waals surface area contributed by atoms with Gasteiger partial charge in [-0.25, -0.2) is 9.59 Å². The average molecular weight is 493 g/mol. The lowest BCUT2D eigenvalue weighted by Crippen LogP contribution is -2.45. The summed E-state index contributed by atoms with van der Waals surface area (Å²) in [4.78, 5) is 25.6. The van der Waals surface area contributed by atoms with Crippen LogP contribution in [0, 0.1) is 0 Å². The van der Waals surface area contributed by atoms with Crippen LogP contribution in [0.2, 0.25) is 5.02 Å². The number of halogens is 1. The Morgan fingerprint density at radius 3 is 2.37 bits per heavy atom. The van der Waals surface area contributed by atoms with Crippen molar-refractivity contribution in [3.63, 3.8) is 0 Å². The number of amides is 2. The van der Waals surface area contributed by atoms with E-state index in [2.05, 4.69) is 10.6 Å². The third-order valence-electron chi connectivity index (χ3n) is 5.45. The predicted octanol–water partition coefficient (Wildman–Crippen LogP) is 5.26. The van der Waals surface area contributed by atoms with Crippen LogP contribution in [0.1, 0.15) is 29.7 Å². The van der Waals surface area contributed by atoms with Gasteiger partial charge in [0.1, 0.15) is 18.1 Å². The molecule has 3 aromatic carbocycles. The summed E-state index contributed by atoms with van der Waals surface area (Å²) in [6, 6.07) is 20.6. The van der Waals surface area contributed by atoms with E-state index in [1.165, 1.54) is 0 Å². The number of methoxy groups -OCH3 is 1. The third kappa shape index (κ3) is 5.75. The third-order valence-corrected chi connectivity index (χ3v) is 5.69. The van der Waals surface area contributed by atoms with Gasteiger partial charge in [0, 0.05) is 5.02 Å². The fraction of sp³-hybridized carbons (Fsp3) is 0.185. The molecule has 1 unspecified atom stereocenters. The second-order valence-corrected chi connectivity index (χ2v) is 8.19. The van der Waals surface area contributed by atoms with Crippen molar-refractivity contribution in [1.29, 1.82) is 0 Å². The van der Waals surface area contributed by atoms with Crippen LogP contribution in [-0.2, 0) is 16.1 Å². The van der Waals surface area contributed by atoms with Gasteiger partial charge in [-0.1, -0.05) is 35.9 Å². The monoisotopic (exact) mass is 492 g/mol. The highest BCUT2D eigenvalue weighted by Gasteiger charge is 2.34. The number of nitrogens with one attached hydrogen (secondary N) is 2. The topological polar surface area (TPSA) is 85.9 Å². The molecule has 0 bridgehead atoms. The molecule has 4 rings (SSSR count). The maximum atomic E-state index is 13.0. The Morgan fingerprint density at radius 1 is 1.00 bits per heavy atom. The molecule has 2 amide bonds. The summed E-state index contributed by atoms with van der Waals surface area (Å²) in [6.45, 7) is 2.30. The fourth-order valence-corrected chi connectivity index (χ4v) is 3.99. The van der Waals surface area contributed by atoms with Gasteiger partial charge in [-0.05, 0) is 72.1 Å². The normalized spacial score (nSPS) is 15.2. The lowest BCUT2D eigenvalue weighted by molar-refractivity contribution is -0.138. The maximum Gasteiger partial charge on any atom is 0.338 e. The van der Waals surface area contributed by atoms with E-state index in [1.54, 1.807) is 50.4 Å². The highest BCUT2D eigenvalue weighted by atomic mass is 35.5. The first-order valence-electron chi connectivity index (χ1n) is 11.1. The zero-order valence-corrected chi connectivity index (χ0v) is 20.1. The smallest absolute Gasteiger partial charge is 0.338 e. The minimum Gasteiger partial charge on any atom is -0.497 e. The highest BCUT2D eigenvalue weighted by molar-refractivity contribution is 6.30. The summed E-state index contributed by atoms with van der Waals surface area (Å²) in [6.07, 6.45) is 0. The van der Waals surface area contributed by atoms with Gasteiger partial charge in [0.15, 0.2) is 0 Å². The predicted molar refractivity (Wildman–Crippen MR) is 133 cm³/mol. The van der Waals surface area contributed by atoms with Crippen LogP contribution in [0.3, 0.4) is 0 Å². The second-order valence-electron chi connectivity index (χ2n) is 7.76. The molecule has 0 saturated heterocycles. The molecule has 7 nitrogen and oxygen atoms in total. The van der Waals surface area contributed by atoms with Crippen LogP contribution < -0.4 is 20.1 Å². The molecular formula is C27H25ClN2O5. The van der Waals surface area contributed by atoms with Crippen LogP contribution in [-0.4, -0.2) is 25.7 Å². The summed E-state index contributed by atoms with van der Waals surface area (Å²) in [7, 11) is 1.57. The van der Waals surface area contributed by atoms with E-state index in [4.69, 9.17) is 25.8 Å². The molecule has 3 aromatic rings. The molecule has 0 aliphatic carbocycles. The molecule has 8 heteroatoms. The molecule has 35 heavy (non-hydrogen) atoms. The van der Waals surface area contributed by atoms with E-state index in [9.17, 15) is 9.59 Å². The van der Waals surface area contributed by atoms with Gasteiger partial charge >= 0.3 is 12.0 Å². The molecule has 1 atom stereocenters. The highest BCUT2D eigenvalue weighted by Crippen LogP contribution is 2.33. The zero-order chi connectivity index (χ0) is 24.8. The van der Waals surface area contributed by atoms with Crippen molar-refractivity contribution >= 4 is 29.3 Å². The summed E-state index contributed by atoms with van der Waals surface area (Å²) in [5, 5.41) is 6.25. The quantitative estimate of drug-likeness (QED) is 0.419. The van der Waals surface area contributed by atoms with Crippen LogP contribution in [0.15, 0.2) is 78.4 Å². The number of esters is 1. The number of hydrogen-bond donors (Lipinski definition) is 2. The summed E-state index contributed by atoms with van der Waals surface area (Å²) >= 11 is 6.03. The van der Waals surface area contributed by atoms with Gasteiger partial charge in [-0.2, -0.15) is 0 Å². The Labute approximate surface area is 208 Å². The Hall–Kier alpha value is -3.97. The molecule has 0 saturated carbocycles. The van der Waals surface area contributed by atoms with Gasteiger partial charge in [-0.3, -0.25) is 0 Å². The van der Waals surface area contributed by atoms with Gasteiger partial charge in [0.05, 0.1) is 31.0 Å². The van der Waals surface area contributed by atoms with Gasteiger partial charge in [-0.15, -0.1) is 0 Å². The number of carbonyl (C=O) groups excluding carboxylic acids is 2. The Bertz CT molecular complexity index is 1240. The number of urea groups is 1. The van der Waals surface area contributed by atoms with Crippen molar-refractivity contribution in [2.75, 3.05) is 13.7 Å². The second kappa shape index (κ2) is 11.0. The SMILES string of the molecule is CCOC(=O)C1=C(c2ccc(OC)cc2)NC(=O)NC1c1ccc(OCc2cccc(Cl)c2)cc1. The lowest BCUT2D eigenvalue weighted by Gasteiger charge is -2.29. The summed E-state index contributed by atoms with van der Waals surface area (Å²) in [5.74, 6) is 0.792. The van der Waals surface area contributed by atoms with Crippen molar-refractivity contribution < 1.29 is 23.8 Å². The number of hydrogen-bond acceptors (Lipinski definition) is 5. The first kappa shape index (κ1) is 24.2.